The molecule has 1 aromatic rings. The fourth-order valence-corrected chi connectivity index (χ4v) is 1.66. The number of aromatic nitrogens is 4. The second-order valence-electron chi connectivity index (χ2n) is 3.20. The molecule has 0 saturated carbocycles. The fourth-order valence-electron chi connectivity index (χ4n) is 0.788. The Kier molecular flexibility index (Phi) is 3.17. The predicted molar refractivity (Wildman–Crippen MR) is 49.8 cm³/mol. The predicted octanol–water partition coefficient (Wildman–Crippen LogP) is -0.412. The summed E-state index contributed by atoms with van der Waals surface area (Å²) in [6.45, 7) is 4.86. The molecular formula is C6H13N5O2S. The van der Waals surface area contributed by atoms with Gasteiger partial charge in [0.1, 0.15) is 0 Å². The molecule has 1 aromatic heterocycles. The zero-order valence-electron chi connectivity index (χ0n) is 8.22. The van der Waals surface area contributed by atoms with Crippen molar-refractivity contribution in [2.45, 2.75) is 32.1 Å². The Morgan fingerprint density at radius 3 is 2.43 bits per heavy atom. The highest BCUT2D eigenvalue weighted by Crippen LogP contribution is 2.07. The molecule has 80 valence electrons. The highest BCUT2D eigenvalue weighted by atomic mass is 32.2. The van der Waals surface area contributed by atoms with Crippen LogP contribution < -0.4 is 4.72 Å². The third-order valence-electron chi connectivity index (χ3n) is 1.71. The van der Waals surface area contributed by atoms with Crippen molar-refractivity contribution in [3.8, 4) is 0 Å². The van der Waals surface area contributed by atoms with E-state index in [1.165, 1.54) is 0 Å². The fraction of sp³-hybridized carbons (Fsp3) is 0.833. The van der Waals surface area contributed by atoms with Crippen LogP contribution in [0, 0.1) is 0 Å². The lowest BCUT2D eigenvalue weighted by atomic mass is 10.4. The quantitative estimate of drug-likeness (QED) is 0.716. The van der Waals surface area contributed by atoms with Gasteiger partial charge in [-0.1, -0.05) is 5.21 Å². The second kappa shape index (κ2) is 4.01. The summed E-state index contributed by atoms with van der Waals surface area (Å²) in [4.78, 5) is 0. The van der Waals surface area contributed by atoms with E-state index >= 15 is 0 Å². The van der Waals surface area contributed by atoms with Gasteiger partial charge in [0.05, 0.1) is 11.3 Å². The molecular weight excluding hydrogens is 206 g/mol. The molecule has 0 spiro atoms. The van der Waals surface area contributed by atoms with Crippen LogP contribution in [0.4, 0.5) is 0 Å². The number of sulfonamides is 1. The number of aromatic amines is 1. The van der Waals surface area contributed by atoms with Gasteiger partial charge in [-0.15, -0.1) is 10.2 Å². The lowest BCUT2D eigenvalue weighted by Crippen LogP contribution is -2.33. The number of nitrogens with one attached hydrogen (secondary N) is 2. The lowest BCUT2D eigenvalue weighted by Gasteiger charge is -2.12. The van der Waals surface area contributed by atoms with Crippen molar-refractivity contribution >= 4 is 10.0 Å². The molecule has 0 aliphatic carbocycles. The van der Waals surface area contributed by atoms with Gasteiger partial charge in [-0.05, 0) is 20.8 Å². The van der Waals surface area contributed by atoms with Crippen LogP contribution in [0.1, 0.15) is 32.6 Å². The Labute approximate surface area is 82.3 Å². The zero-order valence-corrected chi connectivity index (χ0v) is 9.04. The number of hydrogen-bond donors (Lipinski definition) is 2. The first-order chi connectivity index (χ1) is 6.43. The van der Waals surface area contributed by atoms with E-state index < -0.39 is 21.3 Å². The van der Waals surface area contributed by atoms with Crippen molar-refractivity contribution in [1.82, 2.24) is 25.3 Å². The Morgan fingerprint density at radius 1 is 1.36 bits per heavy atom. The summed E-state index contributed by atoms with van der Waals surface area (Å²) in [5, 5.41) is 12.5. The minimum Gasteiger partial charge on any atom is -0.212 e. The van der Waals surface area contributed by atoms with Crippen LogP contribution >= 0.6 is 0 Å². The van der Waals surface area contributed by atoms with E-state index in [0.717, 1.165) is 0 Å². The minimum atomic E-state index is -3.30. The highest BCUT2D eigenvalue weighted by molar-refractivity contribution is 7.90. The van der Waals surface area contributed by atoms with Gasteiger partial charge in [-0.2, -0.15) is 5.21 Å². The molecule has 0 saturated heterocycles. The van der Waals surface area contributed by atoms with Crippen LogP contribution in [0.3, 0.4) is 0 Å². The van der Waals surface area contributed by atoms with Crippen molar-refractivity contribution < 1.29 is 8.42 Å². The Balaban J connectivity index is 2.71. The van der Waals surface area contributed by atoms with Crippen LogP contribution in [0.25, 0.3) is 0 Å². The monoisotopic (exact) mass is 219 g/mol. The third kappa shape index (κ3) is 2.48. The second-order valence-corrected chi connectivity index (χ2v) is 5.47. The van der Waals surface area contributed by atoms with E-state index in [1.807, 2.05) is 0 Å². The Morgan fingerprint density at radius 2 is 2.00 bits per heavy atom. The van der Waals surface area contributed by atoms with Gasteiger partial charge >= 0.3 is 0 Å². The van der Waals surface area contributed by atoms with Crippen LogP contribution in [0.15, 0.2) is 0 Å². The number of H-pyrrole nitrogens is 1. The summed E-state index contributed by atoms with van der Waals surface area (Å²) in [6, 6.07) is -0.471. The van der Waals surface area contributed by atoms with Gasteiger partial charge < -0.3 is 0 Å². The lowest BCUT2D eigenvalue weighted by molar-refractivity contribution is 0.551. The molecule has 8 heteroatoms. The summed E-state index contributed by atoms with van der Waals surface area (Å²) in [6.07, 6.45) is 0. The number of rotatable bonds is 4. The maximum absolute atomic E-state index is 11.4. The average molecular weight is 219 g/mol. The van der Waals surface area contributed by atoms with E-state index in [-0.39, 0.29) is 0 Å². The van der Waals surface area contributed by atoms with Crippen LogP contribution in [0.5, 0.6) is 0 Å². The Hall–Kier alpha value is -1.02. The van der Waals surface area contributed by atoms with Crippen LogP contribution in [-0.4, -0.2) is 34.3 Å². The number of nitrogens with zero attached hydrogens (tertiary/aromatic N) is 3. The van der Waals surface area contributed by atoms with Crippen molar-refractivity contribution in [3.63, 3.8) is 0 Å². The summed E-state index contributed by atoms with van der Waals surface area (Å²) < 4.78 is 25.3. The van der Waals surface area contributed by atoms with Crippen molar-refractivity contribution in [2.24, 2.45) is 0 Å². The first-order valence-electron chi connectivity index (χ1n) is 4.18. The number of tetrazole rings is 1. The maximum atomic E-state index is 11.4. The molecule has 0 radical (unpaired) electrons. The molecule has 0 aromatic carbocycles. The SMILES string of the molecule is CC(NS(=O)(=O)C(C)C)c1nn[nH]n1. The number of hydrogen-bond acceptors (Lipinski definition) is 5. The first kappa shape index (κ1) is 11.1. The first-order valence-corrected chi connectivity index (χ1v) is 5.72. The molecule has 0 bridgehead atoms. The topological polar surface area (TPSA) is 101 Å². The Bertz CT molecular complexity index is 371. The molecule has 14 heavy (non-hydrogen) atoms. The van der Waals surface area contributed by atoms with E-state index in [4.69, 9.17) is 0 Å². The van der Waals surface area contributed by atoms with Gasteiger partial charge in [-0.3, -0.25) is 0 Å². The molecule has 2 N–H and O–H groups in total. The van der Waals surface area contributed by atoms with Gasteiger partial charge in [0.15, 0.2) is 5.82 Å². The summed E-state index contributed by atoms with van der Waals surface area (Å²) in [7, 11) is -3.30. The zero-order chi connectivity index (χ0) is 10.8. The van der Waals surface area contributed by atoms with Crippen LogP contribution in [0.2, 0.25) is 0 Å². The summed E-state index contributed by atoms with van der Waals surface area (Å²) in [5.41, 5.74) is 0. The largest absolute Gasteiger partial charge is 0.214 e. The summed E-state index contributed by atoms with van der Waals surface area (Å²) >= 11 is 0. The summed E-state index contributed by atoms with van der Waals surface area (Å²) in [5.74, 6) is 0.328. The van der Waals surface area contributed by atoms with Crippen molar-refractivity contribution in [2.75, 3.05) is 0 Å². The molecule has 0 fully saturated rings. The van der Waals surface area contributed by atoms with Crippen molar-refractivity contribution in [1.29, 1.82) is 0 Å². The molecule has 0 amide bonds. The smallest absolute Gasteiger partial charge is 0.212 e. The van der Waals surface area contributed by atoms with Gasteiger partial charge in [0, 0.05) is 0 Å². The van der Waals surface area contributed by atoms with Crippen molar-refractivity contribution in [3.05, 3.63) is 5.82 Å². The molecule has 0 aliphatic rings. The highest BCUT2D eigenvalue weighted by Gasteiger charge is 2.21. The molecule has 0 aliphatic heterocycles. The van der Waals surface area contributed by atoms with E-state index in [2.05, 4.69) is 25.3 Å². The molecule has 1 rings (SSSR count). The molecule has 1 heterocycles. The standard InChI is InChI=1S/C6H13N5O2S/c1-4(2)14(12,13)9-5(3)6-7-10-11-8-6/h4-5,9H,1-3H3,(H,7,8,10,11). The molecule has 1 atom stereocenters. The average Bonchev–Trinajstić information content (AvgIpc) is 2.54. The van der Waals surface area contributed by atoms with Gasteiger partial charge in [0.25, 0.3) is 0 Å². The van der Waals surface area contributed by atoms with E-state index in [0.29, 0.717) is 5.82 Å². The van der Waals surface area contributed by atoms with E-state index in [1.54, 1.807) is 20.8 Å². The normalized spacial score (nSPS) is 14.6. The maximum Gasteiger partial charge on any atom is 0.214 e. The minimum absolute atomic E-state index is 0.328. The van der Waals surface area contributed by atoms with Gasteiger partial charge in [-0.25, -0.2) is 13.1 Å². The molecule has 1 unspecified atom stereocenters. The van der Waals surface area contributed by atoms with Gasteiger partial charge in [0.2, 0.25) is 10.0 Å². The molecule has 7 nitrogen and oxygen atoms in total. The van der Waals surface area contributed by atoms with E-state index in [9.17, 15) is 8.42 Å². The third-order valence-corrected chi connectivity index (χ3v) is 3.63. The van der Waals surface area contributed by atoms with Crippen LogP contribution in [-0.2, 0) is 10.0 Å².